The number of halogens is 1. The molecule has 0 aromatic heterocycles. The zero-order valence-corrected chi connectivity index (χ0v) is 22.7. The number of ether oxygens (including phenoxy) is 3. The van der Waals surface area contributed by atoms with Crippen LogP contribution in [0, 0.1) is 0 Å². The van der Waals surface area contributed by atoms with Crippen LogP contribution in [0.2, 0.25) is 0 Å². The van der Waals surface area contributed by atoms with E-state index in [-0.39, 0.29) is 6.61 Å². The summed E-state index contributed by atoms with van der Waals surface area (Å²) in [5.74, 6) is -2.77. The Balaban J connectivity index is 1.55. The Morgan fingerprint density at radius 2 is 1.40 bits per heavy atom. The van der Waals surface area contributed by atoms with Crippen molar-refractivity contribution >= 4 is 35.4 Å². The van der Waals surface area contributed by atoms with E-state index in [0.717, 1.165) is 4.90 Å². The summed E-state index contributed by atoms with van der Waals surface area (Å²) in [5.41, 5.74) is 0.128. The first kappa shape index (κ1) is 28.8. The number of likely N-dealkylation sites (tertiary alicyclic amines) is 1. The van der Waals surface area contributed by atoms with Crippen LogP contribution < -0.4 is 5.32 Å². The van der Waals surface area contributed by atoms with E-state index in [4.69, 9.17) is 25.8 Å². The second-order valence-corrected chi connectivity index (χ2v) is 9.37. The van der Waals surface area contributed by atoms with E-state index in [2.05, 4.69) is 5.32 Å². The molecule has 4 rings (SSSR count). The van der Waals surface area contributed by atoms with E-state index in [1.165, 1.54) is 6.92 Å². The molecule has 1 saturated heterocycles. The summed E-state index contributed by atoms with van der Waals surface area (Å²) in [6.07, 6.45) is -3.14. The highest BCUT2D eigenvalue weighted by molar-refractivity contribution is 6.31. The van der Waals surface area contributed by atoms with Crippen LogP contribution in [-0.2, 0) is 28.6 Å². The van der Waals surface area contributed by atoms with Gasteiger partial charge in [0, 0.05) is 5.56 Å². The van der Waals surface area contributed by atoms with E-state index in [9.17, 15) is 19.2 Å². The average Bonchev–Trinajstić information content (AvgIpc) is 2.99. The van der Waals surface area contributed by atoms with Crippen LogP contribution in [0.1, 0.15) is 41.4 Å². The molecule has 1 fully saturated rings. The minimum Gasteiger partial charge on any atom is -0.464 e. The third-order valence-corrected chi connectivity index (χ3v) is 6.63. The van der Waals surface area contributed by atoms with Crippen LogP contribution in [0.4, 0.5) is 0 Å². The predicted octanol–water partition coefficient (Wildman–Crippen LogP) is 3.82. The second kappa shape index (κ2) is 13.2. The molecule has 0 bridgehead atoms. The molecule has 0 spiro atoms. The highest BCUT2D eigenvalue weighted by Crippen LogP contribution is 2.32. The minimum absolute atomic E-state index is 0.124. The van der Waals surface area contributed by atoms with Crippen molar-refractivity contribution in [3.63, 3.8) is 0 Å². The SMILES string of the molecule is CCOC(=O)[C@H](C)O[C@@H]1[C@@H](NC(=O)c2ccccc2)C(=O)N1C(Cl)C(=O)OC(c1ccccc1)c1ccccc1. The van der Waals surface area contributed by atoms with Crippen molar-refractivity contribution in [3.05, 3.63) is 108 Å². The number of benzene rings is 3. The number of hydrogen-bond donors (Lipinski definition) is 1. The first-order valence-electron chi connectivity index (χ1n) is 12.8. The number of hydrogen-bond acceptors (Lipinski definition) is 7. The van der Waals surface area contributed by atoms with Crippen LogP contribution >= 0.6 is 11.6 Å². The number of esters is 2. The highest BCUT2D eigenvalue weighted by Gasteiger charge is 2.55. The van der Waals surface area contributed by atoms with Crippen LogP contribution in [0.5, 0.6) is 0 Å². The van der Waals surface area contributed by atoms with Crippen molar-refractivity contribution in [2.45, 2.75) is 43.8 Å². The van der Waals surface area contributed by atoms with E-state index < -0.39 is 53.7 Å². The molecular weight excluding hydrogens is 536 g/mol. The largest absolute Gasteiger partial charge is 0.464 e. The van der Waals surface area contributed by atoms with Gasteiger partial charge in [0.2, 0.25) is 5.50 Å². The molecule has 40 heavy (non-hydrogen) atoms. The lowest BCUT2D eigenvalue weighted by molar-refractivity contribution is -0.205. The Morgan fingerprint density at radius 3 is 1.93 bits per heavy atom. The van der Waals surface area contributed by atoms with E-state index in [1.807, 2.05) is 60.7 Å². The normalized spacial score (nSPS) is 17.9. The summed E-state index contributed by atoms with van der Waals surface area (Å²) in [6.45, 7) is 3.21. The average molecular weight is 565 g/mol. The number of nitrogens with zero attached hydrogens (tertiary/aromatic N) is 1. The van der Waals surface area contributed by atoms with Gasteiger partial charge in [-0.2, -0.15) is 0 Å². The molecule has 1 N–H and O–H groups in total. The molecule has 0 aliphatic carbocycles. The van der Waals surface area contributed by atoms with Gasteiger partial charge in [0.1, 0.15) is 0 Å². The van der Waals surface area contributed by atoms with Gasteiger partial charge in [0.05, 0.1) is 6.61 Å². The Kier molecular flexibility index (Phi) is 9.52. The van der Waals surface area contributed by atoms with Gasteiger partial charge in [-0.3, -0.25) is 14.5 Å². The van der Waals surface area contributed by atoms with Crippen LogP contribution in [0.3, 0.4) is 0 Å². The van der Waals surface area contributed by atoms with E-state index in [0.29, 0.717) is 16.7 Å². The van der Waals surface area contributed by atoms with Crippen LogP contribution in [0.25, 0.3) is 0 Å². The van der Waals surface area contributed by atoms with Gasteiger partial charge in [-0.25, -0.2) is 9.59 Å². The summed E-state index contributed by atoms with van der Waals surface area (Å²) in [5, 5.41) is 2.61. The molecule has 0 radical (unpaired) electrons. The topological polar surface area (TPSA) is 111 Å². The van der Waals surface area contributed by atoms with Crippen LogP contribution in [0.15, 0.2) is 91.0 Å². The Labute approximate surface area is 237 Å². The van der Waals surface area contributed by atoms with E-state index >= 15 is 0 Å². The third kappa shape index (κ3) is 6.50. The molecule has 9 nitrogen and oxygen atoms in total. The lowest BCUT2D eigenvalue weighted by Crippen LogP contribution is -2.74. The smallest absolute Gasteiger partial charge is 0.345 e. The minimum atomic E-state index is -1.60. The molecule has 1 aliphatic rings. The highest BCUT2D eigenvalue weighted by atomic mass is 35.5. The zero-order chi connectivity index (χ0) is 28.6. The molecule has 1 unspecified atom stereocenters. The van der Waals surface area contributed by atoms with Crippen molar-refractivity contribution in [2.75, 3.05) is 6.61 Å². The number of nitrogens with one attached hydrogen (secondary N) is 1. The van der Waals surface area contributed by atoms with Gasteiger partial charge in [-0.15, -0.1) is 0 Å². The van der Waals surface area contributed by atoms with Gasteiger partial charge in [-0.05, 0) is 37.1 Å². The molecule has 10 heteroatoms. The van der Waals surface area contributed by atoms with Gasteiger partial charge >= 0.3 is 11.9 Å². The Morgan fingerprint density at radius 1 is 0.875 bits per heavy atom. The maximum Gasteiger partial charge on any atom is 0.345 e. The molecule has 1 heterocycles. The van der Waals surface area contributed by atoms with Crippen molar-refractivity contribution < 1.29 is 33.4 Å². The molecule has 0 saturated carbocycles. The molecule has 1 aliphatic heterocycles. The number of amides is 2. The number of β-lactam (4-membered cyclic amide) rings is 1. The number of carbonyl (C=O) groups is 4. The molecule has 3 aromatic rings. The summed E-state index contributed by atoms with van der Waals surface area (Å²) < 4.78 is 16.6. The fourth-order valence-corrected chi connectivity index (χ4v) is 4.47. The van der Waals surface area contributed by atoms with Crippen molar-refractivity contribution in [1.29, 1.82) is 0 Å². The first-order valence-corrected chi connectivity index (χ1v) is 13.2. The summed E-state index contributed by atoms with van der Waals surface area (Å²) >= 11 is 6.51. The predicted molar refractivity (Wildman–Crippen MR) is 146 cm³/mol. The molecule has 4 atom stereocenters. The lowest BCUT2D eigenvalue weighted by Gasteiger charge is -2.48. The van der Waals surface area contributed by atoms with Gasteiger partial charge < -0.3 is 19.5 Å². The molecule has 2 amide bonds. The maximum atomic E-state index is 13.3. The molecule has 3 aromatic carbocycles. The van der Waals surface area contributed by atoms with Crippen molar-refractivity contribution in [2.24, 2.45) is 0 Å². The maximum absolute atomic E-state index is 13.3. The lowest BCUT2D eigenvalue weighted by atomic mass is 10.0. The van der Waals surface area contributed by atoms with Crippen LogP contribution in [-0.4, -0.2) is 59.1 Å². The summed E-state index contributed by atoms with van der Waals surface area (Å²) in [7, 11) is 0. The summed E-state index contributed by atoms with van der Waals surface area (Å²) in [6, 6.07) is 25.3. The first-order chi connectivity index (χ1) is 19.3. The van der Waals surface area contributed by atoms with Crippen molar-refractivity contribution in [3.8, 4) is 0 Å². The van der Waals surface area contributed by atoms with Crippen molar-refractivity contribution in [1.82, 2.24) is 10.2 Å². The molecule has 208 valence electrons. The second-order valence-electron chi connectivity index (χ2n) is 8.96. The van der Waals surface area contributed by atoms with Gasteiger partial charge in [-0.1, -0.05) is 90.5 Å². The summed E-state index contributed by atoms with van der Waals surface area (Å²) in [4.78, 5) is 52.5. The number of carbonyl (C=O) groups excluding carboxylic acids is 4. The monoisotopic (exact) mass is 564 g/mol. The standard InChI is InChI=1S/C30H29ClN2O7/c1-3-38-29(36)19(2)39-28-23(32-26(34)22-17-11-6-12-18-22)27(35)33(28)25(31)30(37)40-24(20-13-7-4-8-14-20)21-15-9-5-10-16-21/h4-19,23-25,28H,3H2,1-2H3,(H,32,34)/t19-,23-,25?,28+/m0/s1. The number of rotatable bonds is 11. The van der Waals surface area contributed by atoms with E-state index in [1.54, 1.807) is 37.3 Å². The third-order valence-electron chi connectivity index (χ3n) is 6.24. The quantitative estimate of drug-likeness (QED) is 0.163. The van der Waals surface area contributed by atoms with Gasteiger partial charge in [0.15, 0.2) is 24.5 Å². The fourth-order valence-electron chi connectivity index (χ4n) is 4.21. The zero-order valence-electron chi connectivity index (χ0n) is 21.9. The molecular formula is C30H29ClN2O7. The Hall–Kier alpha value is -4.21. The Bertz CT molecular complexity index is 1280. The van der Waals surface area contributed by atoms with Gasteiger partial charge in [0.25, 0.3) is 11.8 Å². The fraction of sp³-hybridized carbons (Fsp3) is 0.267. The number of alkyl halides is 1.